The molecule has 0 saturated heterocycles. The molecule has 0 spiro atoms. The normalized spacial score (nSPS) is 19.6. The van der Waals surface area contributed by atoms with E-state index in [2.05, 4.69) is 24.3 Å². The lowest BCUT2D eigenvalue weighted by molar-refractivity contribution is 0.0596. The van der Waals surface area contributed by atoms with Crippen LogP contribution in [0.3, 0.4) is 0 Å². The molecule has 0 atom stereocenters. The van der Waals surface area contributed by atoms with Crippen LogP contribution < -0.4 is 0 Å². The van der Waals surface area contributed by atoms with Crippen molar-refractivity contribution in [3.8, 4) is 0 Å². The van der Waals surface area contributed by atoms with Crippen molar-refractivity contribution in [2.45, 2.75) is 76.0 Å². The van der Waals surface area contributed by atoms with E-state index in [0.717, 1.165) is 35.0 Å². The van der Waals surface area contributed by atoms with Gasteiger partial charge in [0.1, 0.15) is 0 Å². The Morgan fingerprint density at radius 1 is 0.923 bits per heavy atom. The Morgan fingerprint density at radius 2 is 1.54 bits per heavy atom. The standard InChI is InChI=1S/C23H29NO2/c1-26-23(25)21-20(16-10-4-2-5-11-16)18-14-8-9-15-19(18)24-22(21)17-12-6-3-7-13-17/h8-9,14-17H,2-7,10-13H2,1H3. The van der Waals surface area contributed by atoms with Gasteiger partial charge in [0.25, 0.3) is 0 Å². The Labute approximate surface area is 156 Å². The number of benzene rings is 1. The summed E-state index contributed by atoms with van der Waals surface area (Å²) in [5.74, 6) is 0.655. The molecule has 2 aromatic rings. The molecule has 26 heavy (non-hydrogen) atoms. The second-order valence-electron chi connectivity index (χ2n) is 7.96. The van der Waals surface area contributed by atoms with E-state index in [1.54, 1.807) is 0 Å². The fourth-order valence-electron chi connectivity index (χ4n) is 5.06. The average Bonchev–Trinajstić information content (AvgIpc) is 2.73. The zero-order valence-corrected chi connectivity index (χ0v) is 15.8. The third kappa shape index (κ3) is 3.24. The van der Waals surface area contributed by atoms with Gasteiger partial charge in [0.15, 0.2) is 0 Å². The number of pyridine rings is 1. The Balaban J connectivity index is 1.95. The van der Waals surface area contributed by atoms with E-state index in [-0.39, 0.29) is 5.97 Å². The number of fused-ring (bicyclic) bond motifs is 1. The van der Waals surface area contributed by atoms with Crippen molar-refractivity contribution in [1.82, 2.24) is 4.98 Å². The van der Waals surface area contributed by atoms with Crippen LogP contribution in [0, 0.1) is 0 Å². The van der Waals surface area contributed by atoms with E-state index < -0.39 is 0 Å². The predicted octanol–water partition coefficient (Wildman–Crippen LogP) is 6.12. The highest BCUT2D eigenvalue weighted by atomic mass is 16.5. The van der Waals surface area contributed by atoms with Crippen LogP contribution in [0.4, 0.5) is 0 Å². The number of esters is 1. The third-order valence-corrected chi connectivity index (χ3v) is 6.36. The van der Waals surface area contributed by atoms with Crippen molar-refractivity contribution >= 4 is 16.9 Å². The topological polar surface area (TPSA) is 39.2 Å². The molecule has 0 bridgehead atoms. The van der Waals surface area contributed by atoms with Gasteiger partial charge in [-0.1, -0.05) is 56.7 Å². The first-order chi connectivity index (χ1) is 12.8. The molecule has 1 heterocycles. The van der Waals surface area contributed by atoms with Gasteiger partial charge in [-0.05, 0) is 43.2 Å². The Hall–Kier alpha value is -1.90. The van der Waals surface area contributed by atoms with Crippen LogP contribution in [0.2, 0.25) is 0 Å². The average molecular weight is 351 g/mol. The number of carbonyl (C=O) groups is 1. The summed E-state index contributed by atoms with van der Waals surface area (Å²) >= 11 is 0. The Morgan fingerprint density at radius 3 is 2.19 bits per heavy atom. The van der Waals surface area contributed by atoms with Gasteiger partial charge in [-0.15, -0.1) is 0 Å². The molecule has 0 unspecified atom stereocenters. The maximum absolute atomic E-state index is 12.9. The third-order valence-electron chi connectivity index (χ3n) is 6.36. The van der Waals surface area contributed by atoms with Gasteiger partial charge < -0.3 is 4.74 Å². The van der Waals surface area contributed by atoms with E-state index >= 15 is 0 Å². The van der Waals surface area contributed by atoms with Crippen molar-refractivity contribution in [1.29, 1.82) is 0 Å². The van der Waals surface area contributed by atoms with Crippen LogP contribution in [-0.2, 0) is 4.74 Å². The second-order valence-corrected chi connectivity index (χ2v) is 7.96. The first kappa shape index (κ1) is 17.5. The van der Waals surface area contributed by atoms with Gasteiger partial charge in [0.2, 0.25) is 0 Å². The summed E-state index contributed by atoms with van der Waals surface area (Å²) in [6.07, 6.45) is 12.2. The fourth-order valence-corrected chi connectivity index (χ4v) is 5.06. The number of hydrogen-bond acceptors (Lipinski definition) is 3. The summed E-state index contributed by atoms with van der Waals surface area (Å²) in [6.45, 7) is 0. The molecule has 138 valence electrons. The Bertz CT molecular complexity index is 786. The van der Waals surface area contributed by atoms with E-state index in [0.29, 0.717) is 11.8 Å². The number of rotatable bonds is 3. The molecule has 2 fully saturated rings. The smallest absolute Gasteiger partial charge is 0.340 e. The van der Waals surface area contributed by atoms with Gasteiger partial charge in [-0.25, -0.2) is 4.79 Å². The molecule has 0 N–H and O–H groups in total. The SMILES string of the molecule is COC(=O)c1c(C2CCCCC2)nc2ccccc2c1C1CCCCC1. The van der Waals surface area contributed by atoms with Crippen LogP contribution in [-0.4, -0.2) is 18.1 Å². The summed E-state index contributed by atoms with van der Waals surface area (Å²) in [4.78, 5) is 17.9. The summed E-state index contributed by atoms with van der Waals surface area (Å²) in [5.41, 5.74) is 4.07. The number of carbonyl (C=O) groups excluding carboxylic acids is 1. The number of hydrogen-bond donors (Lipinski definition) is 0. The van der Waals surface area contributed by atoms with Gasteiger partial charge in [-0.2, -0.15) is 0 Å². The molecule has 2 aliphatic rings. The van der Waals surface area contributed by atoms with Crippen molar-refractivity contribution in [3.05, 3.63) is 41.1 Å². The number of methoxy groups -OCH3 is 1. The van der Waals surface area contributed by atoms with Crippen LogP contribution in [0.5, 0.6) is 0 Å². The number of ether oxygens (including phenoxy) is 1. The van der Waals surface area contributed by atoms with E-state index in [1.165, 1.54) is 64.0 Å². The molecule has 0 aliphatic heterocycles. The maximum Gasteiger partial charge on any atom is 0.340 e. The van der Waals surface area contributed by atoms with E-state index in [9.17, 15) is 4.79 Å². The fraction of sp³-hybridized carbons (Fsp3) is 0.565. The van der Waals surface area contributed by atoms with Crippen molar-refractivity contribution in [2.24, 2.45) is 0 Å². The molecule has 3 nitrogen and oxygen atoms in total. The summed E-state index contributed by atoms with van der Waals surface area (Å²) in [5, 5.41) is 1.15. The molecule has 1 aromatic carbocycles. The van der Waals surface area contributed by atoms with Crippen LogP contribution in [0.1, 0.15) is 97.7 Å². The number of nitrogens with zero attached hydrogens (tertiary/aromatic N) is 1. The zero-order valence-electron chi connectivity index (χ0n) is 15.8. The maximum atomic E-state index is 12.9. The minimum absolute atomic E-state index is 0.190. The first-order valence-electron chi connectivity index (χ1n) is 10.3. The zero-order chi connectivity index (χ0) is 17.9. The van der Waals surface area contributed by atoms with Gasteiger partial charge in [-0.3, -0.25) is 4.98 Å². The summed E-state index contributed by atoms with van der Waals surface area (Å²) in [6, 6.07) is 8.37. The highest BCUT2D eigenvalue weighted by Gasteiger charge is 2.31. The minimum atomic E-state index is -0.190. The van der Waals surface area contributed by atoms with Gasteiger partial charge >= 0.3 is 5.97 Å². The summed E-state index contributed by atoms with van der Waals surface area (Å²) in [7, 11) is 1.51. The molecule has 1 aromatic heterocycles. The van der Waals surface area contributed by atoms with E-state index in [4.69, 9.17) is 9.72 Å². The van der Waals surface area contributed by atoms with Crippen molar-refractivity contribution in [3.63, 3.8) is 0 Å². The molecule has 0 amide bonds. The van der Waals surface area contributed by atoms with Crippen LogP contribution >= 0.6 is 0 Å². The Kier molecular flexibility index (Phi) is 5.23. The van der Waals surface area contributed by atoms with E-state index in [1.807, 2.05) is 0 Å². The highest BCUT2D eigenvalue weighted by molar-refractivity contribution is 5.99. The van der Waals surface area contributed by atoms with Crippen molar-refractivity contribution in [2.75, 3.05) is 7.11 Å². The molecule has 0 radical (unpaired) electrons. The predicted molar refractivity (Wildman–Crippen MR) is 105 cm³/mol. The number of para-hydroxylation sites is 1. The van der Waals surface area contributed by atoms with Crippen molar-refractivity contribution < 1.29 is 9.53 Å². The lowest BCUT2D eigenvalue weighted by Gasteiger charge is -2.29. The van der Waals surface area contributed by atoms with Crippen LogP contribution in [0.25, 0.3) is 10.9 Å². The molecule has 2 saturated carbocycles. The lowest BCUT2D eigenvalue weighted by Crippen LogP contribution is -2.19. The highest BCUT2D eigenvalue weighted by Crippen LogP contribution is 2.42. The molecule has 4 rings (SSSR count). The van der Waals surface area contributed by atoms with Gasteiger partial charge in [0, 0.05) is 11.3 Å². The lowest BCUT2D eigenvalue weighted by atomic mass is 9.77. The molecule has 3 heteroatoms. The van der Waals surface area contributed by atoms with Crippen LogP contribution in [0.15, 0.2) is 24.3 Å². The molecular formula is C23H29NO2. The largest absolute Gasteiger partial charge is 0.465 e. The quantitative estimate of drug-likeness (QED) is 0.626. The minimum Gasteiger partial charge on any atom is -0.465 e. The van der Waals surface area contributed by atoms with Gasteiger partial charge in [0.05, 0.1) is 23.9 Å². The first-order valence-corrected chi connectivity index (χ1v) is 10.3. The molecule has 2 aliphatic carbocycles. The molecular weight excluding hydrogens is 322 g/mol. The monoisotopic (exact) mass is 351 g/mol. The summed E-state index contributed by atoms with van der Waals surface area (Å²) < 4.78 is 5.27. The second kappa shape index (κ2) is 7.77. The number of aromatic nitrogens is 1.